The molecule has 20 heavy (non-hydrogen) atoms. The van der Waals surface area contributed by atoms with Gasteiger partial charge in [-0.2, -0.15) is 0 Å². The van der Waals surface area contributed by atoms with Crippen molar-refractivity contribution in [2.75, 3.05) is 5.73 Å². The highest BCUT2D eigenvalue weighted by Crippen LogP contribution is 2.28. The third-order valence-electron chi connectivity index (χ3n) is 3.29. The van der Waals surface area contributed by atoms with Gasteiger partial charge in [0.05, 0.1) is 17.4 Å². The molecule has 0 saturated carbocycles. The van der Waals surface area contributed by atoms with Crippen molar-refractivity contribution < 1.29 is 5.48 Å². The van der Waals surface area contributed by atoms with Crippen LogP contribution < -0.4 is 5.73 Å². The number of fused-ring (bicyclic) bond motifs is 3. The van der Waals surface area contributed by atoms with Gasteiger partial charge in [0.1, 0.15) is 5.52 Å². The smallest absolute Gasteiger partial charge is 0.152 e. The first-order valence-corrected chi connectivity index (χ1v) is 6.57. The summed E-state index contributed by atoms with van der Waals surface area (Å²) in [5.41, 5.74) is 10.1. The molecule has 0 aliphatic carbocycles. The molecule has 0 fully saturated rings. The van der Waals surface area contributed by atoms with Gasteiger partial charge < -0.3 is 15.8 Å². The highest BCUT2D eigenvalue weighted by Gasteiger charge is 2.12. The van der Waals surface area contributed by atoms with E-state index in [4.69, 9.17) is 5.73 Å². The number of rotatable bonds is 2. The molecule has 0 bridgehead atoms. The van der Waals surface area contributed by atoms with Gasteiger partial charge in [0.2, 0.25) is 0 Å². The van der Waals surface area contributed by atoms with Crippen LogP contribution in [-0.2, 0) is 6.54 Å². The maximum absolute atomic E-state index is 6.02. The summed E-state index contributed by atoms with van der Waals surface area (Å²) in [6.45, 7) is 7.42. The zero-order chi connectivity index (χ0) is 13.6. The standard InChI is InChI=1S/C15H18N4.H2O/c1-9(2)7-19-8-17-13-14(19)11-6-10(3)4-5-12(11)18-15(13)16;/h4-6,8-9H,7H2,1-3H3,(H2,16,18);1H2. The Morgan fingerprint density at radius 1 is 1.30 bits per heavy atom. The third-order valence-corrected chi connectivity index (χ3v) is 3.29. The Balaban J connectivity index is 0.00000147. The summed E-state index contributed by atoms with van der Waals surface area (Å²) in [5.74, 6) is 1.07. The van der Waals surface area contributed by atoms with Gasteiger partial charge in [-0.25, -0.2) is 9.97 Å². The third kappa shape index (κ3) is 2.20. The van der Waals surface area contributed by atoms with Crippen molar-refractivity contribution in [1.29, 1.82) is 0 Å². The Hall–Kier alpha value is -2.14. The van der Waals surface area contributed by atoms with E-state index in [2.05, 4.69) is 47.4 Å². The van der Waals surface area contributed by atoms with Crippen molar-refractivity contribution in [3.05, 3.63) is 30.1 Å². The molecule has 4 N–H and O–H groups in total. The maximum atomic E-state index is 6.02. The molecule has 0 radical (unpaired) electrons. The second kappa shape index (κ2) is 5.09. The van der Waals surface area contributed by atoms with Crippen LogP contribution in [0.1, 0.15) is 19.4 Å². The van der Waals surface area contributed by atoms with Crippen LogP contribution >= 0.6 is 0 Å². The molecule has 5 heteroatoms. The molecule has 0 aliphatic rings. The van der Waals surface area contributed by atoms with Crippen LogP contribution in [0.3, 0.4) is 0 Å². The number of aromatic nitrogens is 3. The van der Waals surface area contributed by atoms with Gasteiger partial charge in [-0.05, 0) is 25.0 Å². The summed E-state index contributed by atoms with van der Waals surface area (Å²) in [4.78, 5) is 8.87. The number of benzene rings is 1. The van der Waals surface area contributed by atoms with E-state index < -0.39 is 0 Å². The molecule has 0 saturated heterocycles. The number of hydrogen-bond donors (Lipinski definition) is 1. The predicted molar refractivity (Wildman–Crippen MR) is 82.6 cm³/mol. The Morgan fingerprint density at radius 3 is 2.75 bits per heavy atom. The summed E-state index contributed by atoms with van der Waals surface area (Å²) in [6, 6.07) is 6.24. The first kappa shape index (κ1) is 14.3. The van der Waals surface area contributed by atoms with Crippen LogP contribution in [0, 0.1) is 12.8 Å². The van der Waals surface area contributed by atoms with Gasteiger partial charge in [0, 0.05) is 11.9 Å². The Labute approximate surface area is 117 Å². The van der Waals surface area contributed by atoms with Crippen molar-refractivity contribution >= 4 is 27.8 Å². The monoisotopic (exact) mass is 272 g/mol. The van der Waals surface area contributed by atoms with E-state index in [0.29, 0.717) is 11.7 Å². The van der Waals surface area contributed by atoms with Gasteiger partial charge in [-0.1, -0.05) is 25.5 Å². The minimum absolute atomic E-state index is 0. The van der Waals surface area contributed by atoms with E-state index in [1.807, 2.05) is 12.4 Å². The van der Waals surface area contributed by atoms with Crippen LogP contribution in [0.2, 0.25) is 0 Å². The summed E-state index contributed by atoms with van der Waals surface area (Å²) >= 11 is 0. The molecular formula is C15H20N4O. The van der Waals surface area contributed by atoms with E-state index in [1.54, 1.807) is 0 Å². The molecular weight excluding hydrogens is 252 g/mol. The van der Waals surface area contributed by atoms with Gasteiger partial charge in [-0.15, -0.1) is 0 Å². The van der Waals surface area contributed by atoms with E-state index in [0.717, 1.165) is 28.5 Å². The quantitative estimate of drug-likeness (QED) is 0.776. The molecule has 5 nitrogen and oxygen atoms in total. The fourth-order valence-electron chi connectivity index (χ4n) is 2.50. The number of nitrogens with zero attached hydrogens (tertiary/aromatic N) is 3. The zero-order valence-electron chi connectivity index (χ0n) is 12.0. The van der Waals surface area contributed by atoms with E-state index in [1.165, 1.54) is 5.56 Å². The maximum Gasteiger partial charge on any atom is 0.152 e. The van der Waals surface area contributed by atoms with Crippen molar-refractivity contribution in [3.8, 4) is 0 Å². The SMILES string of the molecule is Cc1ccc2nc(N)c3ncn(CC(C)C)c3c2c1.O. The largest absolute Gasteiger partial charge is 0.412 e. The molecule has 1 aromatic carbocycles. The van der Waals surface area contributed by atoms with Crippen molar-refractivity contribution in [2.24, 2.45) is 5.92 Å². The van der Waals surface area contributed by atoms with Crippen LogP contribution in [0.4, 0.5) is 5.82 Å². The van der Waals surface area contributed by atoms with E-state index >= 15 is 0 Å². The van der Waals surface area contributed by atoms with Crippen molar-refractivity contribution in [3.63, 3.8) is 0 Å². The second-order valence-corrected chi connectivity index (χ2v) is 5.51. The number of hydrogen-bond acceptors (Lipinski definition) is 3. The van der Waals surface area contributed by atoms with Gasteiger partial charge in [0.15, 0.2) is 5.82 Å². The average molecular weight is 272 g/mol. The molecule has 0 spiro atoms. The van der Waals surface area contributed by atoms with Crippen LogP contribution in [0.25, 0.3) is 21.9 Å². The molecule has 0 aliphatic heterocycles. The Morgan fingerprint density at radius 2 is 2.05 bits per heavy atom. The lowest BCUT2D eigenvalue weighted by atomic mass is 10.1. The van der Waals surface area contributed by atoms with Gasteiger partial charge >= 0.3 is 0 Å². The van der Waals surface area contributed by atoms with E-state index in [9.17, 15) is 0 Å². The highest BCUT2D eigenvalue weighted by molar-refractivity contribution is 6.06. The molecule has 0 unspecified atom stereocenters. The predicted octanol–water partition coefficient (Wildman–Crippen LogP) is 2.31. The van der Waals surface area contributed by atoms with E-state index in [-0.39, 0.29) is 5.48 Å². The average Bonchev–Trinajstić information content (AvgIpc) is 2.74. The lowest BCUT2D eigenvalue weighted by molar-refractivity contribution is 0.533. The van der Waals surface area contributed by atoms with Crippen LogP contribution in [0.15, 0.2) is 24.5 Å². The van der Waals surface area contributed by atoms with Crippen molar-refractivity contribution in [2.45, 2.75) is 27.3 Å². The fraction of sp³-hybridized carbons (Fsp3) is 0.333. The summed E-state index contributed by atoms with van der Waals surface area (Å²) in [5, 5.41) is 1.13. The second-order valence-electron chi connectivity index (χ2n) is 5.51. The molecule has 0 amide bonds. The summed E-state index contributed by atoms with van der Waals surface area (Å²) < 4.78 is 2.18. The number of imidazole rings is 1. The Bertz CT molecular complexity index is 761. The lowest BCUT2D eigenvalue weighted by Crippen LogP contribution is -2.03. The minimum atomic E-state index is 0. The number of aryl methyl sites for hydroxylation is 1. The first-order chi connectivity index (χ1) is 9.06. The molecule has 3 rings (SSSR count). The number of anilines is 1. The molecule has 2 aromatic heterocycles. The number of nitrogen functional groups attached to an aromatic ring is 1. The molecule has 2 heterocycles. The molecule has 3 aromatic rings. The highest BCUT2D eigenvalue weighted by atomic mass is 16.0. The summed E-state index contributed by atoms with van der Waals surface area (Å²) in [6.07, 6.45) is 1.87. The molecule has 0 atom stereocenters. The zero-order valence-corrected chi connectivity index (χ0v) is 12.0. The lowest BCUT2D eigenvalue weighted by Gasteiger charge is -2.10. The Kier molecular flexibility index (Phi) is 3.63. The van der Waals surface area contributed by atoms with Crippen LogP contribution in [-0.4, -0.2) is 20.0 Å². The summed E-state index contributed by atoms with van der Waals surface area (Å²) in [7, 11) is 0. The van der Waals surface area contributed by atoms with Crippen LogP contribution in [0.5, 0.6) is 0 Å². The fourth-order valence-corrected chi connectivity index (χ4v) is 2.50. The molecule has 106 valence electrons. The normalized spacial score (nSPS) is 11.2. The minimum Gasteiger partial charge on any atom is -0.412 e. The topological polar surface area (TPSA) is 88.2 Å². The van der Waals surface area contributed by atoms with Gasteiger partial charge in [0.25, 0.3) is 0 Å². The number of pyridine rings is 1. The van der Waals surface area contributed by atoms with Gasteiger partial charge in [-0.3, -0.25) is 0 Å². The number of nitrogens with two attached hydrogens (primary N) is 1. The first-order valence-electron chi connectivity index (χ1n) is 6.57. The van der Waals surface area contributed by atoms with Crippen molar-refractivity contribution in [1.82, 2.24) is 14.5 Å².